The van der Waals surface area contributed by atoms with Crippen LogP contribution in [0.2, 0.25) is 0 Å². The molecule has 0 saturated heterocycles. The Bertz CT molecular complexity index is 1240. The van der Waals surface area contributed by atoms with Crippen molar-refractivity contribution in [2.45, 2.75) is 11.6 Å². The first-order chi connectivity index (χ1) is 12.6. The van der Waals surface area contributed by atoms with E-state index < -0.39 is 0 Å². The van der Waals surface area contributed by atoms with E-state index in [-0.39, 0.29) is 11.2 Å². The fourth-order valence-electron chi connectivity index (χ4n) is 2.94. The fraction of sp³-hybridized carbons (Fsp3) is 0.222. The zero-order chi connectivity index (χ0) is 18.3. The van der Waals surface area contributed by atoms with Gasteiger partial charge in [0.2, 0.25) is 0 Å². The second-order valence-corrected chi connectivity index (χ2v) is 7.12. The van der Waals surface area contributed by atoms with Crippen LogP contribution in [0.15, 0.2) is 57.3 Å². The lowest BCUT2D eigenvalue weighted by Gasteiger charge is -2.07. The van der Waals surface area contributed by atoms with Crippen molar-refractivity contribution >= 4 is 33.8 Å². The quantitative estimate of drug-likeness (QED) is 0.514. The van der Waals surface area contributed by atoms with Gasteiger partial charge in [-0.15, -0.1) is 11.8 Å². The fourth-order valence-corrected chi connectivity index (χ4v) is 3.77. The first-order valence-corrected chi connectivity index (χ1v) is 9.14. The van der Waals surface area contributed by atoms with Crippen LogP contribution in [0.5, 0.6) is 0 Å². The Labute approximate surface area is 152 Å². The van der Waals surface area contributed by atoms with Crippen LogP contribution in [0.1, 0.15) is 0 Å². The van der Waals surface area contributed by atoms with Crippen LogP contribution in [-0.4, -0.2) is 29.4 Å². The summed E-state index contributed by atoms with van der Waals surface area (Å²) in [4.78, 5) is 33.3. The maximum atomic E-state index is 12.4. The summed E-state index contributed by atoms with van der Waals surface area (Å²) >= 11 is 1.62. The standard InChI is InChI=1S/C18H17N5O2S/c1-21-16-15(17(24)22(2)18(21)25)23(11-19-16)9-10-26-14-8-7-12-5-3-4-6-13(12)20-14/h3-8,11H,9-10H2,1-2H3. The van der Waals surface area contributed by atoms with Crippen molar-refractivity contribution in [2.24, 2.45) is 14.1 Å². The van der Waals surface area contributed by atoms with Crippen LogP contribution in [0.4, 0.5) is 0 Å². The van der Waals surface area contributed by atoms with Crippen molar-refractivity contribution in [2.75, 3.05) is 5.75 Å². The minimum absolute atomic E-state index is 0.325. The van der Waals surface area contributed by atoms with Crippen molar-refractivity contribution in [3.8, 4) is 0 Å². The Morgan fingerprint density at radius 1 is 1.04 bits per heavy atom. The lowest BCUT2D eigenvalue weighted by Crippen LogP contribution is -2.37. The Kier molecular flexibility index (Phi) is 4.12. The molecule has 4 rings (SSSR count). The molecule has 132 valence electrons. The van der Waals surface area contributed by atoms with E-state index in [1.54, 1.807) is 29.7 Å². The third kappa shape index (κ3) is 2.72. The summed E-state index contributed by atoms with van der Waals surface area (Å²) in [5, 5.41) is 2.05. The highest BCUT2D eigenvalue weighted by atomic mass is 32.2. The molecule has 7 nitrogen and oxygen atoms in total. The number of nitrogens with zero attached hydrogens (tertiary/aromatic N) is 5. The maximum Gasteiger partial charge on any atom is 0.332 e. The minimum Gasteiger partial charge on any atom is -0.324 e. The molecule has 3 aromatic heterocycles. The molecule has 0 aliphatic carbocycles. The van der Waals surface area contributed by atoms with E-state index in [2.05, 4.69) is 16.0 Å². The van der Waals surface area contributed by atoms with Gasteiger partial charge in [0.25, 0.3) is 5.56 Å². The van der Waals surface area contributed by atoms with Crippen LogP contribution < -0.4 is 11.2 Å². The first kappa shape index (κ1) is 16.6. The van der Waals surface area contributed by atoms with Crippen LogP contribution in [0.3, 0.4) is 0 Å². The number of pyridine rings is 1. The average molecular weight is 367 g/mol. The molecule has 0 bridgehead atoms. The van der Waals surface area contributed by atoms with Crippen molar-refractivity contribution in [1.82, 2.24) is 23.7 Å². The van der Waals surface area contributed by atoms with Crippen LogP contribution in [-0.2, 0) is 20.6 Å². The van der Waals surface area contributed by atoms with E-state index in [9.17, 15) is 9.59 Å². The van der Waals surface area contributed by atoms with Gasteiger partial charge in [-0.05, 0) is 12.1 Å². The number of aromatic nitrogens is 5. The molecule has 0 aliphatic rings. The van der Waals surface area contributed by atoms with Gasteiger partial charge < -0.3 is 4.57 Å². The third-order valence-corrected chi connectivity index (χ3v) is 5.28. The van der Waals surface area contributed by atoms with Crippen molar-refractivity contribution in [3.63, 3.8) is 0 Å². The average Bonchev–Trinajstić information content (AvgIpc) is 3.08. The van der Waals surface area contributed by atoms with Gasteiger partial charge >= 0.3 is 5.69 Å². The molecule has 8 heteroatoms. The van der Waals surface area contributed by atoms with Gasteiger partial charge in [0.15, 0.2) is 11.2 Å². The van der Waals surface area contributed by atoms with Gasteiger partial charge in [0.05, 0.1) is 16.9 Å². The normalized spacial score (nSPS) is 11.5. The van der Waals surface area contributed by atoms with Crippen molar-refractivity contribution in [3.05, 3.63) is 63.6 Å². The summed E-state index contributed by atoms with van der Waals surface area (Å²) in [7, 11) is 3.10. The number of fused-ring (bicyclic) bond motifs is 2. The molecule has 3 heterocycles. The van der Waals surface area contributed by atoms with Crippen LogP contribution in [0, 0.1) is 0 Å². The number of rotatable bonds is 4. The first-order valence-electron chi connectivity index (χ1n) is 8.15. The van der Waals surface area contributed by atoms with Gasteiger partial charge in [-0.2, -0.15) is 0 Å². The molecular weight excluding hydrogens is 350 g/mol. The zero-order valence-electron chi connectivity index (χ0n) is 14.4. The molecule has 26 heavy (non-hydrogen) atoms. The number of thioether (sulfide) groups is 1. The smallest absolute Gasteiger partial charge is 0.324 e. The summed E-state index contributed by atoms with van der Waals surface area (Å²) in [5.74, 6) is 0.739. The number of imidazole rings is 1. The zero-order valence-corrected chi connectivity index (χ0v) is 15.2. The second kappa shape index (κ2) is 6.45. The van der Waals surface area contributed by atoms with E-state index in [4.69, 9.17) is 0 Å². The molecule has 0 atom stereocenters. The van der Waals surface area contributed by atoms with Gasteiger partial charge in [-0.25, -0.2) is 14.8 Å². The van der Waals surface area contributed by atoms with Gasteiger partial charge in [0, 0.05) is 31.8 Å². The molecule has 0 aliphatic heterocycles. The molecule has 0 radical (unpaired) electrons. The Balaban J connectivity index is 1.58. The summed E-state index contributed by atoms with van der Waals surface area (Å²) in [6.45, 7) is 0.600. The summed E-state index contributed by atoms with van der Waals surface area (Å²) in [5.41, 5.74) is 1.12. The number of hydrogen-bond donors (Lipinski definition) is 0. The van der Waals surface area contributed by atoms with Gasteiger partial charge in [0.1, 0.15) is 0 Å². The second-order valence-electron chi connectivity index (χ2n) is 6.01. The number of para-hydroxylation sites is 1. The highest BCUT2D eigenvalue weighted by molar-refractivity contribution is 7.99. The van der Waals surface area contributed by atoms with Crippen LogP contribution in [0.25, 0.3) is 22.1 Å². The maximum absolute atomic E-state index is 12.4. The summed E-state index contributed by atoms with van der Waals surface area (Å²) in [6, 6.07) is 12.1. The summed E-state index contributed by atoms with van der Waals surface area (Å²) in [6.07, 6.45) is 1.61. The molecule has 0 N–H and O–H groups in total. The van der Waals surface area contributed by atoms with Crippen molar-refractivity contribution < 1.29 is 0 Å². The molecule has 0 saturated carbocycles. The Morgan fingerprint density at radius 3 is 2.69 bits per heavy atom. The molecular formula is C18H17N5O2S. The Morgan fingerprint density at radius 2 is 1.85 bits per heavy atom. The molecule has 0 fully saturated rings. The van der Waals surface area contributed by atoms with E-state index >= 15 is 0 Å². The lowest BCUT2D eigenvalue weighted by atomic mass is 10.2. The number of benzene rings is 1. The van der Waals surface area contributed by atoms with E-state index in [1.165, 1.54) is 11.6 Å². The molecule has 0 amide bonds. The van der Waals surface area contributed by atoms with E-state index in [0.29, 0.717) is 17.7 Å². The number of aryl methyl sites for hydroxylation is 2. The van der Waals surface area contributed by atoms with Gasteiger partial charge in [-0.1, -0.05) is 24.3 Å². The highest BCUT2D eigenvalue weighted by Crippen LogP contribution is 2.20. The minimum atomic E-state index is -0.373. The Hall–Kier alpha value is -2.87. The summed E-state index contributed by atoms with van der Waals surface area (Å²) < 4.78 is 4.30. The SMILES string of the molecule is Cn1c(=O)c2c(ncn2CCSc2ccc3ccccc3n2)n(C)c1=O. The lowest BCUT2D eigenvalue weighted by molar-refractivity contribution is 0.700. The predicted molar refractivity (Wildman–Crippen MR) is 103 cm³/mol. The predicted octanol–water partition coefficient (Wildman–Crippen LogP) is 1.77. The van der Waals surface area contributed by atoms with Gasteiger partial charge in [-0.3, -0.25) is 13.9 Å². The monoisotopic (exact) mass is 367 g/mol. The highest BCUT2D eigenvalue weighted by Gasteiger charge is 2.14. The van der Waals surface area contributed by atoms with E-state index in [0.717, 1.165) is 26.2 Å². The third-order valence-electron chi connectivity index (χ3n) is 4.37. The molecule has 0 spiro atoms. The largest absolute Gasteiger partial charge is 0.332 e. The molecule has 0 unspecified atom stereocenters. The number of hydrogen-bond acceptors (Lipinski definition) is 5. The molecule has 1 aromatic carbocycles. The molecule has 4 aromatic rings. The topological polar surface area (TPSA) is 74.7 Å². The van der Waals surface area contributed by atoms with Crippen molar-refractivity contribution in [1.29, 1.82) is 0 Å². The van der Waals surface area contributed by atoms with Crippen LogP contribution >= 0.6 is 11.8 Å². The van der Waals surface area contributed by atoms with E-state index in [1.807, 2.05) is 30.3 Å².